The van der Waals surface area contributed by atoms with Crippen LogP contribution in [0.2, 0.25) is 0 Å². The highest BCUT2D eigenvalue weighted by atomic mass is 16.4. The molecule has 2 heterocycles. The summed E-state index contributed by atoms with van der Waals surface area (Å²) in [7, 11) is 0. The highest BCUT2D eigenvalue weighted by molar-refractivity contribution is 6.08. The smallest absolute Gasteiger partial charge is 0.336 e. The zero-order chi connectivity index (χ0) is 20.4. The first-order valence-corrected chi connectivity index (χ1v) is 8.64. The van der Waals surface area contributed by atoms with E-state index in [-0.39, 0.29) is 6.42 Å². The van der Waals surface area contributed by atoms with Gasteiger partial charge in [0.1, 0.15) is 17.6 Å². The van der Waals surface area contributed by atoms with Gasteiger partial charge in [-0.05, 0) is 48.5 Å². The van der Waals surface area contributed by atoms with Gasteiger partial charge in [-0.15, -0.1) is 0 Å². The molecule has 4 aromatic rings. The molecule has 0 radical (unpaired) electrons. The second-order valence-corrected chi connectivity index (χ2v) is 6.29. The molecule has 8 nitrogen and oxygen atoms in total. The van der Waals surface area contributed by atoms with Gasteiger partial charge in [0.15, 0.2) is 0 Å². The molecule has 0 saturated carbocycles. The van der Waals surface area contributed by atoms with Crippen LogP contribution >= 0.6 is 0 Å². The number of anilines is 2. The summed E-state index contributed by atoms with van der Waals surface area (Å²) in [5, 5.41) is 6.56. The zero-order valence-electron chi connectivity index (χ0n) is 14.9. The number of nitrogens with one attached hydrogen (secondary N) is 2. The fraction of sp³-hybridized carbons (Fsp3) is 0.0476. The summed E-state index contributed by atoms with van der Waals surface area (Å²) in [4.78, 5) is 46.7. The largest absolute Gasteiger partial charge is 0.423 e. The lowest BCUT2D eigenvalue weighted by Crippen LogP contribution is -2.21. The standard InChI is InChI=1S/C21H14N2O6/c24-18(22-14-3-5-16-12(9-14)1-7-20(26)28-16)11-19(25)23-15-4-6-17-13(10-15)2-8-21(27)29-17/h1-10H,11H2,(H,22,24)(H,23,25). The molecule has 2 amide bonds. The van der Waals surface area contributed by atoms with Gasteiger partial charge < -0.3 is 19.5 Å². The summed E-state index contributed by atoms with van der Waals surface area (Å²) in [5.41, 5.74) is 0.846. The molecular formula is C21H14N2O6. The van der Waals surface area contributed by atoms with Crippen molar-refractivity contribution in [3.63, 3.8) is 0 Å². The number of benzene rings is 2. The molecule has 144 valence electrons. The van der Waals surface area contributed by atoms with Gasteiger partial charge in [-0.2, -0.15) is 0 Å². The van der Waals surface area contributed by atoms with Gasteiger partial charge in [0.25, 0.3) is 0 Å². The monoisotopic (exact) mass is 390 g/mol. The van der Waals surface area contributed by atoms with Crippen LogP contribution in [-0.4, -0.2) is 11.8 Å². The van der Waals surface area contributed by atoms with E-state index in [2.05, 4.69) is 10.6 Å². The van der Waals surface area contributed by atoms with E-state index in [1.807, 2.05) is 0 Å². The van der Waals surface area contributed by atoms with E-state index in [9.17, 15) is 19.2 Å². The van der Waals surface area contributed by atoms with Crippen LogP contribution in [0, 0.1) is 0 Å². The quantitative estimate of drug-likeness (QED) is 0.409. The fourth-order valence-corrected chi connectivity index (χ4v) is 2.86. The van der Waals surface area contributed by atoms with E-state index >= 15 is 0 Å². The number of fused-ring (bicyclic) bond motifs is 2. The van der Waals surface area contributed by atoms with Crippen LogP contribution in [0.1, 0.15) is 6.42 Å². The summed E-state index contributed by atoms with van der Waals surface area (Å²) in [6, 6.07) is 15.3. The Morgan fingerprint density at radius 1 is 0.655 bits per heavy atom. The maximum absolute atomic E-state index is 12.2. The predicted octanol–water partition coefficient (Wildman–Crippen LogP) is 2.87. The van der Waals surface area contributed by atoms with Crippen molar-refractivity contribution < 1.29 is 18.4 Å². The molecule has 0 bridgehead atoms. The summed E-state index contributed by atoms with van der Waals surface area (Å²) in [5.74, 6) is -0.989. The fourth-order valence-electron chi connectivity index (χ4n) is 2.86. The van der Waals surface area contributed by atoms with Crippen LogP contribution in [0.15, 0.2) is 79.1 Å². The van der Waals surface area contributed by atoms with Crippen molar-refractivity contribution in [2.24, 2.45) is 0 Å². The minimum atomic E-state index is -0.494. The molecule has 8 heteroatoms. The molecule has 0 fully saturated rings. The normalized spacial score (nSPS) is 10.8. The molecule has 0 atom stereocenters. The summed E-state index contributed by atoms with van der Waals surface area (Å²) < 4.78 is 10.1. The molecule has 0 spiro atoms. The highest BCUT2D eigenvalue weighted by Crippen LogP contribution is 2.19. The molecule has 2 aromatic heterocycles. The highest BCUT2D eigenvalue weighted by Gasteiger charge is 2.11. The Bertz CT molecular complexity index is 1260. The Morgan fingerprint density at radius 2 is 1.10 bits per heavy atom. The van der Waals surface area contributed by atoms with E-state index in [0.717, 1.165) is 0 Å². The first-order chi connectivity index (χ1) is 14.0. The van der Waals surface area contributed by atoms with Crippen molar-refractivity contribution in [3.8, 4) is 0 Å². The average molecular weight is 390 g/mol. The number of hydrogen-bond acceptors (Lipinski definition) is 6. The van der Waals surface area contributed by atoms with Gasteiger partial charge in [-0.25, -0.2) is 9.59 Å². The van der Waals surface area contributed by atoms with Crippen LogP contribution in [0.4, 0.5) is 11.4 Å². The number of carbonyl (C=O) groups excluding carboxylic acids is 2. The van der Waals surface area contributed by atoms with Crippen LogP contribution < -0.4 is 21.9 Å². The number of carbonyl (C=O) groups is 2. The Labute approximate surface area is 162 Å². The third-order valence-electron chi connectivity index (χ3n) is 4.13. The van der Waals surface area contributed by atoms with Crippen LogP contribution in [0.5, 0.6) is 0 Å². The van der Waals surface area contributed by atoms with E-state index in [0.29, 0.717) is 33.3 Å². The van der Waals surface area contributed by atoms with Crippen LogP contribution in [-0.2, 0) is 9.59 Å². The van der Waals surface area contributed by atoms with Crippen LogP contribution in [0.3, 0.4) is 0 Å². The molecule has 0 aliphatic heterocycles. The average Bonchev–Trinajstić information content (AvgIpc) is 2.68. The third-order valence-corrected chi connectivity index (χ3v) is 4.13. The van der Waals surface area contributed by atoms with E-state index < -0.39 is 23.1 Å². The molecule has 2 aromatic carbocycles. The number of rotatable bonds is 4. The maximum atomic E-state index is 12.2. The maximum Gasteiger partial charge on any atom is 0.336 e. The summed E-state index contributed by atoms with van der Waals surface area (Å²) >= 11 is 0. The molecular weight excluding hydrogens is 376 g/mol. The lowest BCUT2D eigenvalue weighted by molar-refractivity contribution is -0.123. The lowest BCUT2D eigenvalue weighted by atomic mass is 10.2. The first-order valence-electron chi connectivity index (χ1n) is 8.64. The molecule has 0 saturated heterocycles. The van der Waals surface area contributed by atoms with Gasteiger partial charge in [0.05, 0.1) is 0 Å². The number of amides is 2. The van der Waals surface area contributed by atoms with Crippen molar-refractivity contribution in [3.05, 3.63) is 81.5 Å². The zero-order valence-corrected chi connectivity index (χ0v) is 14.9. The Balaban J connectivity index is 1.41. The van der Waals surface area contributed by atoms with Gasteiger partial charge in [-0.1, -0.05) is 0 Å². The van der Waals surface area contributed by atoms with Gasteiger partial charge in [-0.3, -0.25) is 9.59 Å². The Morgan fingerprint density at radius 3 is 1.55 bits per heavy atom. The van der Waals surface area contributed by atoms with Crippen molar-refractivity contribution in [2.45, 2.75) is 6.42 Å². The molecule has 0 aliphatic rings. The third kappa shape index (κ3) is 4.22. The predicted molar refractivity (Wildman–Crippen MR) is 107 cm³/mol. The van der Waals surface area contributed by atoms with Crippen molar-refractivity contribution in [1.29, 1.82) is 0 Å². The SMILES string of the molecule is O=C(CC(=O)Nc1ccc2oc(=O)ccc2c1)Nc1ccc2oc(=O)ccc2c1. The minimum absolute atomic E-state index is 0.385. The lowest BCUT2D eigenvalue weighted by Gasteiger charge is -2.08. The van der Waals surface area contributed by atoms with Gasteiger partial charge in [0.2, 0.25) is 11.8 Å². The van der Waals surface area contributed by atoms with Gasteiger partial charge >= 0.3 is 11.3 Å². The topological polar surface area (TPSA) is 119 Å². The van der Waals surface area contributed by atoms with E-state index in [1.165, 1.54) is 12.1 Å². The second kappa shape index (κ2) is 7.43. The van der Waals surface area contributed by atoms with E-state index in [4.69, 9.17) is 8.83 Å². The molecule has 0 unspecified atom stereocenters. The molecule has 4 rings (SSSR count). The van der Waals surface area contributed by atoms with Crippen molar-refractivity contribution in [2.75, 3.05) is 10.6 Å². The minimum Gasteiger partial charge on any atom is -0.423 e. The Hall–Kier alpha value is -4.20. The molecule has 2 N–H and O–H groups in total. The number of hydrogen-bond donors (Lipinski definition) is 2. The summed E-state index contributed by atoms with van der Waals surface area (Å²) in [6.07, 6.45) is -0.385. The Kier molecular flexibility index (Phi) is 4.66. The van der Waals surface area contributed by atoms with Gasteiger partial charge in [0, 0.05) is 34.3 Å². The van der Waals surface area contributed by atoms with Crippen molar-refractivity contribution >= 4 is 45.1 Å². The molecule has 29 heavy (non-hydrogen) atoms. The first kappa shape index (κ1) is 18.2. The van der Waals surface area contributed by atoms with Crippen LogP contribution in [0.25, 0.3) is 21.9 Å². The summed E-state index contributed by atoms with van der Waals surface area (Å²) in [6.45, 7) is 0. The van der Waals surface area contributed by atoms with E-state index in [1.54, 1.807) is 48.5 Å². The van der Waals surface area contributed by atoms with Crippen molar-refractivity contribution in [1.82, 2.24) is 0 Å². The second-order valence-electron chi connectivity index (χ2n) is 6.29. The molecule has 0 aliphatic carbocycles.